The van der Waals surface area contributed by atoms with E-state index in [1.165, 1.54) is 24.3 Å². The summed E-state index contributed by atoms with van der Waals surface area (Å²) < 4.78 is 12.8. The van der Waals surface area contributed by atoms with Crippen molar-refractivity contribution in [3.05, 3.63) is 71.5 Å². The third-order valence-electron chi connectivity index (χ3n) is 2.95. The minimum Gasteiger partial charge on any atom is -0.348 e. The largest absolute Gasteiger partial charge is 0.348 e. The Kier molecular flexibility index (Phi) is 5.13. The molecule has 0 heterocycles. The molecule has 1 atom stereocenters. The van der Waals surface area contributed by atoms with E-state index in [0.717, 1.165) is 5.56 Å². The van der Waals surface area contributed by atoms with E-state index in [1.54, 1.807) is 0 Å². The smallest absolute Gasteiger partial charge is 0.251 e. The van der Waals surface area contributed by atoms with Crippen molar-refractivity contribution < 1.29 is 9.18 Å². The molecule has 0 fully saturated rings. The van der Waals surface area contributed by atoms with E-state index in [2.05, 4.69) is 5.32 Å². The molecule has 0 aliphatic rings. The van der Waals surface area contributed by atoms with Crippen LogP contribution in [0.3, 0.4) is 0 Å². The molecule has 0 saturated heterocycles. The number of carbonyl (C=O) groups excluding carboxylic acids is 1. The Morgan fingerprint density at radius 3 is 2.35 bits per heavy atom. The number of alkyl halides is 1. The van der Waals surface area contributed by atoms with Crippen LogP contribution in [-0.2, 0) is 6.42 Å². The summed E-state index contributed by atoms with van der Waals surface area (Å²) in [5.41, 5.74) is 1.53. The van der Waals surface area contributed by atoms with Gasteiger partial charge in [0.15, 0.2) is 0 Å². The van der Waals surface area contributed by atoms with Crippen LogP contribution in [0.15, 0.2) is 54.6 Å². The standard InChI is InChI=1S/C16H15ClFNO/c17-11-15(10-12-4-2-1-3-5-12)19-16(20)13-6-8-14(18)9-7-13/h1-9,15H,10-11H2,(H,19,20)/t15-/m0/s1. The van der Waals surface area contributed by atoms with Crippen LogP contribution < -0.4 is 5.32 Å². The molecule has 0 radical (unpaired) electrons. The maximum atomic E-state index is 12.8. The summed E-state index contributed by atoms with van der Waals surface area (Å²) in [4.78, 5) is 12.0. The van der Waals surface area contributed by atoms with Crippen LogP contribution >= 0.6 is 11.6 Å². The molecule has 4 heteroatoms. The number of amides is 1. The number of hydrogen-bond donors (Lipinski definition) is 1. The maximum absolute atomic E-state index is 12.8. The topological polar surface area (TPSA) is 29.1 Å². The van der Waals surface area contributed by atoms with Crippen molar-refractivity contribution in [3.63, 3.8) is 0 Å². The predicted molar refractivity (Wildman–Crippen MR) is 78.5 cm³/mol. The zero-order chi connectivity index (χ0) is 14.4. The molecular weight excluding hydrogens is 277 g/mol. The van der Waals surface area contributed by atoms with E-state index >= 15 is 0 Å². The molecule has 0 unspecified atom stereocenters. The summed E-state index contributed by atoms with van der Waals surface area (Å²) in [6, 6.07) is 15.1. The van der Waals surface area contributed by atoms with Gasteiger partial charge in [-0.3, -0.25) is 4.79 Å². The second-order valence-electron chi connectivity index (χ2n) is 4.52. The molecule has 0 bridgehead atoms. The minimum atomic E-state index is -0.361. The Labute approximate surface area is 122 Å². The minimum absolute atomic E-state index is 0.156. The number of halogens is 2. The first-order valence-electron chi connectivity index (χ1n) is 6.35. The van der Waals surface area contributed by atoms with Crippen LogP contribution in [-0.4, -0.2) is 17.8 Å². The molecule has 2 aromatic carbocycles. The van der Waals surface area contributed by atoms with Crippen molar-refractivity contribution in [3.8, 4) is 0 Å². The lowest BCUT2D eigenvalue weighted by Crippen LogP contribution is -2.37. The van der Waals surface area contributed by atoms with E-state index in [4.69, 9.17) is 11.6 Å². The Bertz CT molecular complexity index is 556. The van der Waals surface area contributed by atoms with E-state index in [1.807, 2.05) is 30.3 Å². The first kappa shape index (κ1) is 14.5. The Hall–Kier alpha value is -1.87. The number of nitrogens with one attached hydrogen (secondary N) is 1. The first-order chi connectivity index (χ1) is 9.69. The molecule has 2 rings (SSSR count). The molecule has 0 saturated carbocycles. The Balaban J connectivity index is 1.99. The van der Waals surface area contributed by atoms with Crippen molar-refractivity contribution in [1.29, 1.82) is 0 Å². The molecule has 0 aliphatic carbocycles. The summed E-state index contributed by atoms with van der Waals surface area (Å²) in [6.07, 6.45) is 0.664. The van der Waals surface area contributed by atoms with Gasteiger partial charge in [0.25, 0.3) is 5.91 Å². The molecule has 1 amide bonds. The highest BCUT2D eigenvalue weighted by atomic mass is 35.5. The highest BCUT2D eigenvalue weighted by Crippen LogP contribution is 2.07. The fraction of sp³-hybridized carbons (Fsp3) is 0.188. The molecule has 1 N–H and O–H groups in total. The monoisotopic (exact) mass is 291 g/mol. The van der Waals surface area contributed by atoms with Crippen LogP contribution in [0, 0.1) is 5.82 Å². The number of hydrogen-bond acceptors (Lipinski definition) is 1. The van der Waals surface area contributed by atoms with Gasteiger partial charge >= 0.3 is 0 Å². The van der Waals surface area contributed by atoms with Crippen LogP contribution in [0.4, 0.5) is 4.39 Å². The molecule has 0 spiro atoms. The highest BCUT2D eigenvalue weighted by molar-refractivity contribution is 6.18. The maximum Gasteiger partial charge on any atom is 0.251 e. The number of carbonyl (C=O) groups is 1. The molecule has 2 aromatic rings. The highest BCUT2D eigenvalue weighted by Gasteiger charge is 2.13. The van der Waals surface area contributed by atoms with Crippen LogP contribution in [0.25, 0.3) is 0 Å². The average Bonchev–Trinajstić information content (AvgIpc) is 2.48. The Morgan fingerprint density at radius 1 is 1.10 bits per heavy atom. The zero-order valence-electron chi connectivity index (χ0n) is 10.9. The van der Waals surface area contributed by atoms with Crippen LogP contribution in [0.1, 0.15) is 15.9 Å². The number of benzene rings is 2. The molecule has 20 heavy (non-hydrogen) atoms. The van der Waals surface area contributed by atoms with E-state index in [0.29, 0.717) is 17.9 Å². The lowest BCUT2D eigenvalue weighted by atomic mass is 10.1. The van der Waals surface area contributed by atoms with Crippen LogP contribution in [0.5, 0.6) is 0 Å². The molecule has 104 valence electrons. The normalized spacial score (nSPS) is 11.9. The fourth-order valence-corrected chi connectivity index (χ4v) is 2.10. The van der Waals surface area contributed by atoms with Crippen LogP contribution in [0.2, 0.25) is 0 Å². The van der Waals surface area contributed by atoms with Crippen molar-refractivity contribution in [2.75, 3.05) is 5.88 Å². The third-order valence-corrected chi connectivity index (χ3v) is 3.33. The van der Waals surface area contributed by atoms with Gasteiger partial charge in [0.05, 0.1) is 0 Å². The molecule has 2 nitrogen and oxygen atoms in total. The van der Waals surface area contributed by atoms with Gasteiger partial charge in [0, 0.05) is 17.5 Å². The molecule has 0 aromatic heterocycles. The lowest BCUT2D eigenvalue weighted by molar-refractivity contribution is 0.0940. The second kappa shape index (κ2) is 7.06. The van der Waals surface area contributed by atoms with Gasteiger partial charge in [-0.05, 0) is 36.2 Å². The Morgan fingerprint density at radius 2 is 1.75 bits per heavy atom. The zero-order valence-corrected chi connectivity index (χ0v) is 11.6. The SMILES string of the molecule is O=C(N[C@H](CCl)Cc1ccccc1)c1ccc(F)cc1. The fourth-order valence-electron chi connectivity index (χ4n) is 1.91. The third kappa shape index (κ3) is 4.07. The molecule has 0 aliphatic heterocycles. The molecular formula is C16H15ClFNO. The van der Waals surface area contributed by atoms with Gasteiger partial charge in [-0.2, -0.15) is 0 Å². The van der Waals surface area contributed by atoms with Crippen molar-refractivity contribution in [2.24, 2.45) is 0 Å². The van der Waals surface area contributed by atoms with Gasteiger partial charge in [-0.1, -0.05) is 30.3 Å². The van der Waals surface area contributed by atoms with Gasteiger partial charge in [-0.25, -0.2) is 4.39 Å². The van der Waals surface area contributed by atoms with E-state index in [9.17, 15) is 9.18 Å². The quantitative estimate of drug-likeness (QED) is 0.841. The lowest BCUT2D eigenvalue weighted by Gasteiger charge is -2.16. The van der Waals surface area contributed by atoms with Gasteiger partial charge in [0.2, 0.25) is 0 Å². The second-order valence-corrected chi connectivity index (χ2v) is 4.83. The predicted octanol–water partition coefficient (Wildman–Crippen LogP) is 3.41. The first-order valence-corrected chi connectivity index (χ1v) is 6.89. The summed E-state index contributed by atoms with van der Waals surface area (Å²) in [5.74, 6) is -0.284. The summed E-state index contributed by atoms with van der Waals surface area (Å²) in [7, 11) is 0. The summed E-state index contributed by atoms with van der Waals surface area (Å²) >= 11 is 5.90. The van der Waals surface area contributed by atoms with Gasteiger partial charge < -0.3 is 5.32 Å². The average molecular weight is 292 g/mol. The van der Waals surface area contributed by atoms with E-state index < -0.39 is 0 Å². The summed E-state index contributed by atoms with van der Waals surface area (Å²) in [6.45, 7) is 0. The number of rotatable bonds is 5. The van der Waals surface area contributed by atoms with Gasteiger partial charge in [0.1, 0.15) is 5.82 Å². The van der Waals surface area contributed by atoms with Crippen molar-refractivity contribution in [2.45, 2.75) is 12.5 Å². The van der Waals surface area contributed by atoms with Crippen molar-refractivity contribution >= 4 is 17.5 Å². The van der Waals surface area contributed by atoms with E-state index in [-0.39, 0.29) is 17.8 Å². The van der Waals surface area contributed by atoms with Gasteiger partial charge in [-0.15, -0.1) is 11.6 Å². The summed E-state index contributed by atoms with van der Waals surface area (Å²) in [5, 5.41) is 2.86. The van der Waals surface area contributed by atoms with Crippen molar-refractivity contribution in [1.82, 2.24) is 5.32 Å².